The average Bonchev–Trinajstić information content (AvgIpc) is 2.15. The fourth-order valence-corrected chi connectivity index (χ4v) is 1.31. The number of nitro groups is 1. The van der Waals surface area contributed by atoms with E-state index in [2.05, 4.69) is 0 Å². The molecule has 0 aliphatic heterocycles. The van der Waals surface area contributed by atoms with Gasteiger partial charge in [-0.3, -0.25) is 14.9 Å². The van der Waals surface area contributed by atoms with Crippen LogP contribution in [0.1, 0.15) is 20.7 Å². The van der Waals surface area contributed by atoms with Crippen LogP contribution in [0.2, 0.25) is 5.02 Å². The molecule has 0 aliphatic rings. The maximum Gasteiger partial charge on any atom is 1.00 e. The average molecular weight is 267 g/mol. The molecule has 1 aromatic rings. The number of rotatable bonds is 3. The maximum atomic E-state index is 10.9. The molecule has 0 aliphatic carbocycles. The number of carbonyl (C=O) groups excluding carboxylic acids is 2. The van der Waals surface area contributed by atoms with E-state index in [0.29, 0.717) is 6.07 Å². The van der Waals surface area contributed by atoms with Gasteiger partial charge >= 0.3 is 29.6 Å². The Labute approximate surface area is 122 Å². The molecule has 7 nitrogen and oxygen atoms in total. The number of carboxylic acid groups (broad SMARTS) is 1. The van der Waals surface area contributed by atoms with Crippen LogP contribution >= 0.6 is 11.6 Å². The van der Waals surface area contributed by atoms with E-state index < -0.39 is 33.6 Å². The monoisotopic (exact) mass is 266 g/mol. The van der Waals surface area contributed by atoms with Crippen LogP contribution in [0.3, 0.4) is 0 Å². The Balaban J connectivity index is 0.00000256. The number of carboxylic acids is 1. The first-order chi connectivity index (χ1) is 7.34. The standard InChI is InChI=1S/C8H5ClN2O5.Na/c9-5-1-3(7(10)12)4(8(13)14)2-6(5)11(15)16;/h1-2H,(H2,10,12)(H,13,14);/q;+1/p-1. The van der Waals surface area contributed by atoms with Crippen LogP contribution < -0.4 is 40.4 Å². The first kappa shape index (κ1) is 15.9. The van der Waals surface area contributed by atoms with Crippen LogP contribution in [0.25, 0.3) is 0 Å². The third kappa shape index (κ3) is 3.40. The van der Waals surface area contributed by atoms with Crippen molar-refractivity contribution in [1.82, 2.24) is 0 Å². The Hall–Kier alpha value is -1.15. The van der Waals surface area contributed by atoms with Crippen LogP contribution in [0.5, 0.6) is 0 Å². The molecule has 84 valence electrons. The fourth-order valence-electron chi connectivity index (χ4n) is 1.07. The number of nitro benzene ring substituents is 1. The molecular weight excluding hydrogens is 263 g/mol. The van der Waals surface area contributed by atoms with Crippen molar-refractivity contribution < 1.29 is 49.2 Å². The Morgan fingerprint density at radius 2 is 1.82 bits per heavy atom. The summed E-state index contributed by atoms with van der Waals surface area (Å²) in [7, 11) is 0. The van der Waals surface area contributed by atoms with Gasteiger partial charge in [0.1, 0.15) is 5.02 Å². The van der Waals surface area contributed by atoms with Crippen molar-refractivity contribution in [3.63, 3.8) is 0 Å². The second kappa shape index (κ2) is 5.97. The van der Waals surface area contributed by atoms with E-state index in [-0.39, 0.29) is 34.6 Å². The largest absolute Gasteiger partial charge is 1.00 e. The number of hydrogen-bond donors (Lipinski definition) is 1. The zero-order valence-corrected chi connectivity index (χ0v) is 11.4. The molecule has 0 unspecified atom stereocenters. The predicted molar refractivity (Wildman–Crippen MR) is 51.0 cm³/mol. The summed E-state index contributed by atoms with van der Waals surface area (Å²) in [5, 5.41) is 20.7. The van der Waals surface area contributed by atoms with Crippen molar-refractivity contribution in [3.05, 3.63) is 38.4 Å². The van der Waals surface area contributed by atoms with Gasteiger partial charge in [-0.15, -0.1) is 0 Å². The summed E-state index contributed by atoms with van der Waals surface area (Å²) in [6.07, 6.45) is 0. The van der Waals surface area contributed by atoms with E-state index >= 15 is 0 Å². The van der Waals surface area contributed by atoms with Gasteiger partial charge in [0.2, 0.25) is 5.91 Å². The molecule has 0 saturated carbocycles. The molecule has 1 rings (SSSR count). The number of primary amides is 1. The van der Waals surface area contributed by atoms with Crippen molar-refractivity contribution in [2.24, 2.45) is 5.73 Å². The van der Waals surface area contributed by atoms with Crippen molar-refractivity contribution >= 4 is 29.2 Å². The molecule has 1 aromatic carbocycles. The Bertz CT molecular complexity index is 505. The van der Waals surface area contributed by atoms with Gasteiger partial charge in [0.15, 0.2) is 0 Å². The Kier molecular flexibility index (Phi) is 5.56. The summed E-state index contributed by atoms with van der Waals surface area (Å²) in [6, 6.07) is 1.46. The Morgan fingerprint density at radius 1 is 1.29 bits per heavy atom. The second-order valence-electron chi connectivity index (χ2n) is 2.76. The van der Waals surface area contributed by atoms with Crippen LogP contribution in [-0.4, -0.2) is 16.8 Å². The number of halogens is 1. The van der Waals surface area contributed by atoms with E-state index in [1.54, 1.807) is 0 Å². The van der Waals surface area contributed by atoms with E-state index in [0.717, 1.165) is 6.07 Å². The first-order valence-corrected chi connectivity index (χ1v) is 4.21. The first-order valence-electron chi connectivity index (χ1n) is 3.83. The molecule has 0 saturated heterocycles. The number of nitrogens with zero attached hydrogens (tertiary/aromatic N) is 1. The molecular formula is C8H4ClN2NaO5. The molecule has 2 N–H and O–H groups in total. The third-order valence-corrected chi connectivity index (χ3v) is 2.07. The van der Waals surface area contributed by atoms with Crippen molar-refractivity contribution in [2.75, 3.05) is 0 Å². The molecule has 0 fully saturated rings. The number of nitrogens with two attached hydrogens (primary N) is 1. The normalized spacial score (nSPS) is 9.24. The number of hydrogen-bond acceptors (Lipinski definition) is 5. The fraction of sp³-hybridized carbons (Fsp3) is 0. The number of carbonyl (C=O) groups is 2. The molecule has 0 heterocycles. The van der Waals surface area contributed by atoms with Gasteiger partial charge in [-0.1, -0.05) is 11.6 Å². The molecule has 0 spiro atoms. The summed E-state index contributed by atoms with van der Waals surface area (Å²) in [6.45, 7) is 0. The predicted octanol–water partition coefficient (Wildman–Crippen LogP) is -3.29. The summed E-state index contributed by atoms with van der Waals surface area (Å²) in [4.78, 5) is 31.1. The number of benzene rings is 1. The third-order valence-electron chi connectivity index (χ3n) is 1.77. The van der Waals surface area contributed by atoms with Crippen LogP contribution in [0.15, 0.2) is 12.1 Å². The molecule has 1 amide bonds. The SMILES string of the molecule is NC(=O)c1cc(Cl)c([N+](=O)[O-])cc1C(=O)[O-].[Na+]. The maximum absolute atomic E-state index is 10.9. The Morgan fingerprint density at radius 3 is 2.18 bits per heavy atom. The molecule has 0 aromatic heterocycles. The molecule has 0 atom stereocenters. The van der Waals surface area contributed by atoms with E-state index in [1.165, 1.54) is 0 Å². The van der Waals surface area contributed by atoms with Gasteiger partial charge in [0.05, 0.1) is 16.5 Å². The van der Waals surface area contributed by atoms with Gasteiger partial charge in [-0.25, -0.2) is 0 Å². The van der Waals surface area contributed by atoms with Gasteiger partial charge in [-0.05, 0) is 6.07 Å². The van der Waals surface area contributed by atoms with Crippen molar-refractivity contribution in [3.8, 4) is 0 Å². The molecule has 0 bridgehead atoms. The molecule has 9 heteroatoms. The summed E-state index contributed by atoms with van der Waals surface area (Å²) in [5.41, 5.74) is 3.16. The summed E-state index contributed by atoms with van der Waals surface area (Å²) < 4.78 is 0. The van der Waals surface area contributed by atoms with Crippen molar-refractivity contribution in [2.45, 2.75) is 0 Å². The van der Waals surface area contributed by atoms with E-state index in [1.807, 2.05) is 0 Å². The van der Waals surface area contributed by atoms with Crippen LogP contribution in [0.4, 0.5) is 5.69 Å². The second-order valence-corrected chi connectivity index (χ2v) is 3.17. The summed E-state index contributed by atoms with van der Waals surface area (Å²) in [5.74, 6) is -2.80. The molecule has 17 heavy (non-hydrogen) atoms. The van der Waals surface area contributed by atoms with E-state index in [9.17, 15) is 24.8 Å². The minimum absolute atomic E-state index is 0. The van der Waals surface area contributed by atoms with Crippen LogP contribution in [0, 0.1) is 10.1 Å². The van der Waals surface area contributed by atoms with Gasteiger partial charge < -0.3 is 15.6 Å². The van der Waals surface area contributed by atoms with E-state index in [4.69, 9.17) is 17.3 Å². The smallest absolute Gasteiger partial charge is 0.545 e. The van der Waals surface area contributed by atoms with Crippen LogP contribution in [-0.2, 0) is 0 Å². The van der Waals surface area contributed by atoms with Gasteiger partial charge in [0.25, 0.3) is 5.69 Å². The zero-order valence-electron chi connectivity index (χ0n) is 8.60. The minimum atomic E-state index is -1.74. The van der Waals surface area contributed by atoms with Gasteiger partial charge in [0, 0.05) is 11.6 Å². The van der Waals surface area contributed by atoms with Gasteiger partial charge in [-0.2, -0.15) is 0 Å². The quantitative estimate of drug-likeness (QED) is 0.349. The number of amides is 1. The zero-order chi connectivity index (χ0) is 12.5. The molecule has 0 radical (unpaired) electrons. The van der Waals surface area contributed by atoms with Crippen molar-refractivity contribution in [1.29, 1.82) is 0 Å². The number of aromatic carboxylic acids is 1. The summed E-state index contributed by atoms with van der Waals surface area (Å²) >= 11 is 5.48. The minimum Gasteiger partial charge on any atom is -0.545 e. The topological polar surface area (TPSA) is 126 Å².